The summed E-state index contributed by atoms with van der Waals surface area (Å²) in [6.07, 6.45) is 0.891. The van der Waals surface area contributed by atoms with Crippen LogP contribution in [0.1, 0.15) is 33.1 Å². The lowest BCUT2D eigenvalue weighted by molar-refractivity contribution is -0.175. The van der Waals surface area contributed by atoms with Crippen LogP contribution in [-0.2, 0) is 14.3 Å². The second-order valence-corrected chi connectivity index (χ2v) is 6.41. The van der Waals surface area contributed by atoms with Crippen molar-refractivity contribution in [2.24, 2.45) is 29.6 Å². The first-order valence-corrected chi connectivity index (χ1v) is 6.90. The van der Waals surface area contributed by atoms with Crippen LogP contribution in [0, 0.1) is 29.6 Å². The van der Waals surface area contributed by atoms with Crippen molar-refractivity contribution in [3.63, 3.8) is 0 Å². The molecule has 3 rings (SSSR count). The number of hydrogen-bond donors (Lipinski definition) is 0. The summed E-state index contributed by atoms with van der Waals surface area (Å²) >= 11 is 0. The van der Waals surface area contributed by atoms with Crippen LogP contribution < -0.4 is 0 Å². The normalized spacial score (nSPS) is 41.7. The van der Waals surface area contributed by atoms with E-state index in [9.17, 15) is 18.4 Å². The van der Waals surface area contributed by atoms with Gasteiger partial charge in [-0.05, 0) is 37.5 Å². The highest BCUT2D eigenvalue weighted by Gasteiger charge is 2.62. The quantitative estimate of drug-likeness (QED) is 0.741. The summed E-state index contributed by atoms with van der Waals surface area (Å²) in [5, 5.41) is 0. The lowest BCUT2D eigenvalue weighted by Gasteiger charge is -2.28. The Kier molecular flexibility index (Phi) is 2.74. The molecule has 106 valence electrons. The number of hydrogen-bond acceptors (Lipinski definition) is 3. The fourth-order valence-electron chi connectivity index (χ4n) is 4.26. The number of esters is 1. The number of ether oxygens (including phenoxy) is 1. The van der Waals surface area contributed by atoms with E-state index in [1.165, 1.54) is 6.92 Å². The van der Waals surface area contributed by atoms with Gasteiger partial charge in [-0.2, -0.15) is 0 Å². The van der Waals surface area contributed by atoms with Crippen molar-refractivity contribution in [3.8, 4) is 0 Å². The summed E-state index contributed by atoms with van der Waals surface area (Å²) in [6.45, 7) is 1.94. The van der Waals surface area contributed by atoms with E-state index in [4.69, 9.17) is 4.74 Å². The first kappa shape index (κ1) is 13.0. The molecule has 6 unspecified atom stereocenters. The largest absolute Gasteiger partial charge is 0.456 e. The molecule has 3 saturated carbocycles. The van der Waals surface area contributed by atoms with Gasteiger partial charge in [0, 0.05) is 19.3 Å². The zero-order valence-electron chi connectivity index (χ0n) is 11.1. The molecule has 0 heterocycles. The van der Waals surface area contributed by atoms with E-state index >= 15 is 0 Å². The van der Waals surface area contributed by atoms with Crippen LogP contribution in [-0.4, -0.2) is 23.8 Å². The highest BCUT2D eigenvalue weighted by atomic mass is 19.3. The van der Waals surface area contributed by atoms with Crippen molar-refractivity contribution in [3.05, 3.63) is 0 Å². The Balaban J connectivity index is 1.73. The predicted molar refractivity (Wildman–Crippen MR) is 62.5 cm³/mol. The smallest absolute Gasteiger partial charge is 0.310 e. The number of rotatable bonds is 3. The number of alkyl halides is 2. The maximum Gasteiger partial charge on any atom is 0.310 e. The average molecular weight is 272 g/mol. The summed E-state index contributed by atoms with van der Waals surface area (Å²) in [7, 11) is 0. The summed E-state index contributed by atoms with van der Waals surface area (Å²) in [4.78, 5) is 24.1. The van der Waals surface area contributed by atoms with Crippen LogP contribution in [0.4, 0.5) is 8.78 Å². The Morgan fingerprint density at radius 3 is 2.68 bits per heavy atom. The first-order valence-electron chi connectivity index (χ1n) is 6.90. The Bertz CT molecular complexity index is 427. The molecule has 0 aliphatic heterocycles. The Morgan fingerprint density at radius 1 is 1.37 bits per heavy atom. The predicted octanol–water partition coefficient (Wildman–Crippen LogP) is 2.43. The molecule has 3 nitrogen and oxygen atoms in total. The van der Waals surface area contributed by atoms with E-state index in [2.05, 4.69) is 0 Å². The zero-order valence-corrected chi connectivity index (χ0v) is 11.1. The summed E-state index contributed by atoms with van der Waals surface area (Å²) in [6, 6.07) is 0. The fourth-order valence-corrected chi connectivity index (χ4v) is 4.26. The Morgan fingerprint density at radius 2 is 2.05 bits per heavy atom. The molecule has 0 amide bonds. The van der Waals surface area contributed by atoms with Crippen LogP contribution >= 0.6 is 0 Å². The summed E-state index contributed by atoms with van der Waals surface area (Å²) in [5.41, 5.74) is 0. The van der Waals surface area contributed by atoms with Crippen molar-refractivity contribution < 1.29 is 23.1 Å². The number of halogens is 2. The molecule has 0 aromatic rings. The lowest BCUT2D eigenvalue weighted by Crippen LogP contribution is -2.38. The van der Waals surface area contributed by atoms with Gasteiger partial charge in [-0.25, -0.2) is 8.78 Å². The molecule has 0 radical (unpaired) electrons. The van der Waals surface area contributed by atoms with Crippen molar-refractivity contribution >= 4 is 11.8 Å². The maximum atomic E-state index is 13.1. The van der Waals surface area contributed by atoms with Gasteiger partial charge in [0.2, 0.25) is 0 Å². The van der Waals surface area contributed by atoms with Gasteiger partial charge in [-0.3, -0.25) is 9.59 Å². The summed E-state index contributed by atoms with van der Waals surface area (Å²) < 4.78 is 31.1. The van der Waals surface area contributed by atoms with Gasteiger partial charge < -0.3 is 4.74 Å². The molecule has 2 bridgehead atoms. The molecule has 5 heteroatoms. The second kappa shape index (κ2) is 4.00. The minimum Gasteiger partial charge on any atom is -0.456 e. The summed E-state index contributed by atoms with van der Waals surface area (Å²) in [5.74, 6) is -3.35. The number of carbonyl (C=O) groups excluding carboxylic acids is 2. The third kappa shape index (κ3) is 1.89. The number of carbonyl (C=O) groups is 2. The molecule has 3 aliphatic carbocycles. The lowest BCUT2D eigenvalue weighted by atomic mass is 9.80. The van der Waals surface area contributed by atoms with Crippen LogP contribution in [0.3, 0.4) is 0 Å². The third-order valence-corrected chi connectivity index (χ3v) is 5.26. The molecule has 3 aliphatic rings. The number of ketones is 1. The van der Waals surface area contributed by atoms with Gasteiger partial charge in [0.15, 0.2) is 6.10 Å². The monoisotopic (exact) mass is 272 g/mol. The standard InChI is InChI=1S/C14H18F2O3/c1-6(14(2,15)16)19-13(18)11-8-3-7-5-10(17)12(11)9(7)4-8/h6-9,11-12H,3-5H2,1-2H3. The molecule has 19 heavy (non-hydrogen) atoms. The maximum absolute atomic E-state index is 13.1. The van der Waals surface area contributed by atoms with Crippen molar-refractivity contribution in [1.82, 2.24) is 0 Å². The van der Waals surface area contributed by atoms with Crippen LogP contribution in [0.5, 0.6) is 0 Å². The van der Waals surface area contributed by atoms with Crippen molar-refractivity contribution in [1.29, 1.82) is 0 Å². The van der Waals surface area contributed by atoms with Gasteiger partial charge in [0.05, 0.1) is 5.92 Å². The van der Waals surface area contributed by atoms with E-state index < -0.39 is 23.9 Å². The molecule has 0 aromatic heterocycles. The van der Waals surface area contributed by atoms with E-state index in [0.717, 1.165) is 19.8 Å². The SMILES string of the molecule is CC(OC(=O)C1C2CC3CC(=O)C1C3C2)C(C)(F)F. The second-order valence-electron chi connectivity index (χ2n) is 6.41. The number of fused-ring (bicyclic) bond motifs is 1. The minimum absolute atomic E-state index is 0.132. The number of Topliss-reactive ketones (excluding diaryl/α,β-unsaturated/α-hetero) is 1. The fraction of sp³-hybridized carbons (Fsp3) is 0.857. The third-order valence-electron chi connectivity index (χ3n) is 5.26. The van der Waals surface area contributed by atoms with Crippen LogP contribution in [0.15, 0.2) is 0 Å². The molecule has 0 saturated heterocycles. The topological polar surface area (TPSA) is 43.4 Å². The van der Waals surface area contributed by atoms with Gasteiger partial charge in [-0.15, -0.1) is 0 Å². The van der Waals surface area contributed by atoms with E-state index in [1.54, 1.807) is 0 Å². The van der Waals surface area contributed by atoms with Crippen molar-refractivity contribution in [2.45, 2.75) is 45.1 Å². The zero-order chi connectivity index (χ0) is 13.9. The average Bonchev–Trinajstić information content (AvgIpc) is 2.87. The molecule has 0 aromatic carbocycles. The van der Waals surface area contributed by atoms with Crippen LogP contribution in [0.2, 0.25) is 0 Å². The molecule has 6 atom stereocenters. The van der Waals surface area contributed by atoms with Crippen LogP contribution in [0.25, 0.3) is 0 Å². The van der Waals surface area contributed by atoms with E-state index in [1.807, 2.05) is 0 Å². The molecule has 0 N–H and O–H groups in total. The van der Waals surface area contributed by atoms with Gasteiger partial charge in [-0.1, -0.05) is 0 Å². The Labute approximate surface area is 110 Å². The first-order chi connectivity index (χ1) is 8.79. The molecular formula is C14H18F2O3. The van der Waals surface area contributed by atoms with E-state index in [-0.39, 0.29) is 17.6 Å². The van der Waals surface area contributed by atoms with Crippen molar-refractivity contribution in [2.75, 3.05) is 0 Å². The van der Waals surface area contributed by atoms with Gasteiger partial charge in [0.1, 0.15) is 5.78 Å². The highest BCUT2D eigenvalue weighted by molar-refractivity contribution is 5.90. The molecule has 0 spiro atoms. The highest BCUT2D eigenvalue weighted by Crippen LogP contribution is 2.61. The van der Waals surface area contributed by atoms with E-state index in [0.29, 0.717) is 18.3 Å². The Hall–Kier alpha value is -1.00. The molecule has 3 fully saturated rings. The van der Waals surface area contributed by atoms with Gasteiger partial charge >= 0.3 is 5.97 Å². The molecular weight excluding hydrogens is 254 g/mol. The van der Waals surface area contributed by atoms with Gasteiger partial charge in [0.25, 0.3) is 5.92 Å². The minimum atomic E-state index is -3.05.